The Balaban J connectivity index is 1.89. The summed E-state index contributed by atoms with van der Waals surface area (Å²) in [5, 5.41) is 17.7. The van der Waals surface area contributed by atoms with E-state index in [2.05, 4.69) is 15.8 Å². The number of nitro groups is 1. The molecule has 0 aliphatic heterocycles. The predicted molar refractivity (Wildman–Crippen MR) is 97.4 cm³/mol. The molecule has 0 saturated carbocycles. The van der Waals surface area contributed by atoms with Crippen molar-refractivity contribution in [2.75, 3.05) is 6.54 Å². The summed E-state index contributed by atoms with van der Waals surface area (Å²) in [5.41, 5.74) is 3.22. The van der Waals surface area contributed by atoms with E-state index in [4.69, 9.17) is 11.6 Å². The second kappa shape index (κ2) is 8.72. The lowest BCUT2D eigenvalue weighted by Crippen LogP contribution is -2.35. The lowest BCUT2D eigenvalue weighted by molar-refractivity contribution is -0.385. The van der Waals surface area contributed by atoms with E-state index in [1.54, 1.807) is 24.3 Å². The average molecular weight is 375 g/mol. The quantitative estimate of drug-likeness (QED) is 0.459. The van der Waals surface area contributed by atoms with Crippen LogP contribution in [0, 0.1) is 17.0 Å². The first-order valence-electron chi connectivity index (χ1n) is 7.48. The molecule has 9 heteroatoms. The molecule has 0 fully saturated rings. The van der Waals surface area contributed by atoms with E-state index in [-0.39, 0.29) is 23.4 Å². The van der Waals surface area contributed by atoms with E-state index in [9.17, 15) is 19.7 Å². The van der Waals surface area contributed by atoms with Crippen molar-refractivity contribution >= 4 is 35.3 Å². The third-order valence-corrected chi connectivity index (χ3v) is 3.68. The minimum atomic E-state index is -0.581. The summed E-state index contributed by atoms with van der Waals surface area (Å²) in [6.45, 7) is 1.16. The molecule has 8 nitrogen and oxygen atoms in total. The summed E-state index contributed by atoms with van der Waals surface area (Å²) in [6, 6.07) is 11.0. The Morgan fingerprint density at radius 3 is 2.58 bits per heavy atom. The highest BCUT2D eigenvalue weighted by Crippen LogP contribution is 2.20. The fraction of sp³-hybridized carbons (Fsp3) is 0.118. The number of nitrogens with zero attached hydrogens (tertiary/aromatic N) is 2. The van der Waals surface area contributed by atoms with Gasteiger partial charge < -0.3 is 5.32 Å². The molecule has 2 amide bonds. The Bertz CT molecular complexity index is 866. The van der Waals surface area contributed by atoms with Crippen LogP contribution in [0.25, 0.3) is 0 Å². The van der Waals surface area contributed by atoms with Gasteiger partial charge in [-0.15, -0.1) is 0 Å². The number of halogens is 1. The SMILES string of the molecule is Cc1c(C(=O)NCC(=O)N/N=C\c2ccc(Cl)cc2)cccc1[N+](=O)[O-]. The molecule has 0 aliphatic carbocycles. The van der Waals surface area contributed by atoms with Crippen molar-refractivity contribution < 1.29 is 14.5 Å². The van der Waals surface area contributed by atoms with Crippen molar-refractivity contribution in [2.24, 2.45) is 5.10 Å². The highest BCUT2D eigenvalue weighted by atomic mass is 35.5. The average Bonchev–Trinajstić information content (AvgIpc) is 2.61. The topological polar surface area (TPSA) is 114 Å². The molecular formula is C17H15ClN4O4. The normalized spacial score (nSPS) is 10.5. The molecule has 0 heterocycles. The van der Waals surface area contributed by atoms with Crippen molar-refractivity contribution in [3.8, 4) is 0 Å². The first-order valence-corrected chi connectivity index (χ1v) is 7.86. The van der Waals surface area contributed by atoms with Gasteiger partial charge in [0.2, 0.25) is 0 Å². The molecule has 0 atom stereocenters. The molecular weight excluding hydrogens is 360 g/mol. The standard InChI is InChI=1S/C17H15ClN4O4/c1-11-14(3-2-4-15(11)22(25)26)17(24)19-10-16(23)21-20-9-12-5-7-13(18)8-6-12/h2-9H,10H2,1H3,(H,19,24)(H,21,23)/b20-9-. The molecule has 134 valence electrons. The predicted octanol–water partition coefficient (Wildman–Crippen LogP) is 2.44. The number of hydrogen-bond acceptors (Lipinski definition) is 5. The van der Waals surface area contributed by atoms with Crippen LogP contribution in [0.15, 0.2) is 47.6 Å². The first kappa shape index (κ1) is 19.1. The number of hydrazone groups is 1. The second-order valence-corrected chi connectivity index (χ2v) is 5.67. The van der Waals surface area contributed by atoms with Crippen LogP contribution in [0.1, 0.15) is 21.5 Å². The lowest BCUT2D eigenvalue weighted by atomic mass is 10.1. The number of amides is 2. The maximum atomic E-state index is 12.1. The molecule has 2 N–H and O–H groups in total. The summed E-state index contributed by atoms with van der Waals surface area (Å²) >= 11 is 5.76. The van der Waals surface area contributed by atoms with Crippen LogP contribution < -0.4 is 10.7 Å². The third-order valence-electron chi connectivity index (χ3n) is 3.43. The zero-order chi connectivity index (χ0) is 19.1. The Hall–Kier alpha value is -3.26. The molecule has 2 rings (SSSR count). The van der Waals surface area contributed by atoms with Gasteiger partial charge in [-0.2, -0.15) is 5.10 Å². The van der Waals surface area contributed by atoms with Gasteiger partial charge in [-0.05, 0) is 30.7 Å². The molecule has 2 aromatic carbocycles. The van der Waals surface area contributed by atoms with Gasteiger partial charge in [-0.1, -0.05) is 29.8 Å². The molecule has 0 saturated heterocycles. The molecule has 0 unspecified atom stereocenters. The van der Waals surface area contributed by atoms with Gasteiger partial charge in [-0.3, -0.25) is 19.7 Å². The third kappa shape index (κ3) is 5.12. The number of benzene rings is 2. The molecule has 2 aromatic rings. The largest absolute Gasteiger partial charge is 0.343 e. The van der Waals surface area contributed by atoms with Crippen LogP contribution in [0.2, 0.25) is 5.02 Å². The summed E-state index contributed by atoms with van der Waals surface area (Å²) in [4.78, 5) is 34.2. The zero-order valence-electron chi connectivity index (χ0n) is 13.7. The second-order valence-electron chi connectivity index (χ2n) is 5.23. The van der Waals surface area contributed by atoms with Crippen LogP contribution >= 0.6 is 11.6 Å². The number of nitro benzene ring substituents is 1. The van der Waals surface area contributed by atoms with Crippen LogP contribution in [0.5, 0.6) is 0 Å². The number of carbonyl (C=O) groups excluding carboxylic acids is 2. The van der Waals surface area contributed by atoms with Crippen LogP contribution in [0.3, 0.4) is 0 Å². The maximum Gasteiger partial charge on any atom is 0.273 e. The van der Waals surface area contributed by atoms with Crippen LogP contribution in [0.4, 0.5) is 5.69 Å². The Labute approximate surface area is 154 Å². The van der Waals surface area contributed by atoms with E-state index in [1.807, 2.05) is 0 Å². The van der Waals surface area contributed by atoms with Gasteiger partial charge in [-0.25, -0.2) is 5.43 Å². The van der Waals surface area contributed by atoms with Gasteiger partial charge >= 0.3 is 0 Å². The number of hydrogen-bond donors (Lipinski definition) is 2. The summed E-state index contributed by atoms with van der Waals surface area (Å²) < 4.78 is 0. The first-order chi connectivity index (χ1) is 12.4. The van der Waals surface area contributed by atoms with Crippen molar-refractivity contribution in [3.63, 3.8) is 0 Å². The Morgan fingerprint density at radius 1 is 1.23 bits per heavy atom. The van der Waals surface area contributed by atoms with Gasteiger partial charge in [0.15, 0.2) is 0 Å². The smallest absolute Gasteiger partial charge is 0.273 e. The summed E-state index contributed by atoms with van der Waals surface area (Å²) in [7, 11) is 0. The van der Waals surface area contributed by atoms with Crippen molar-refractivity contribution in [1.29, 1.82) is 0 Å². The van der Waals surface area contributed by atoms with Crippen LogP contribution in [-0.2, 0) is 4.79 Å². The highest BCUT2D eigenvalue weighted by Gasteiger charge is 2.18. The molecule has 26 heavy (non-hydrogen) atoms. The lowest BCUT2D eigenvalue weighted by Gasteiger charge is -2.07. The van der Waals surface area contributed by atoms with E-state index >= 15 is 0 Å². The van der Waals surface area contributed by atoms with Gasteiger partial charge in [0, 0.05) is 22.2 Å². The fourth-order valence-electron chi connectivity index (χ4n) is 2.09. The monoisotopic (exact) mass is 374 g/mol. The molecule has 0 spiro atoms. The van der Waals surface area contributed by atoms with E-state index < -0.39 is 16.7 Å². The fourth-order valence-corrected chi connectivity index (χ4v) is 2.22. The van der Waals surface area contributed by atoms with E-state index in [0.717, 1.165) is 5.56 Å². The number of carbonyl (C=O) groups is 2. The van der Waals surface area contributed by atoms with Crippen molar-refractivity contribution in [1.82, 2.24) is 10.7 Å². The van der Waals surface area contributed by atoms with E-state index in [0.29, 0.717) is 5.02 Å². The van der Waals surface area contributed by atoms with Crippen LogP contribution in [-0.4, -0.2) is 29.5 Å². The molecule has 0 radical (unpaired) electrons. The minimum Gasteiger partial charge on any atom is -0.343 e. The van der Waals surface area contributed by atoms with E-state index in [1.165, 1.54) is 31.3 Å². The van der Waals surface area contributed by atoms with Crippen molar-refractivity contribution in [3.05, 3.63) is 74.3 Å². The maximum absolute atomic E-state index is 12.1. The number of rotatable bonds is 6. The van der Waals surface area contributed by atoms with Gasteiger partial charge in [0.05, 0.1) is 17.7 Å². The van der Waals surface area contributed by atoms with Gasteiger partial charge in [0.1, 0.15) is 0 Å². The molecule has 0 bridgehead atoms. The minimum absolute atomic E-state index is 0.136. The number of nitrogens with one attached hydrogen (secondary N) is 2. The Kier molecular flexibility index (Phi) is 6.40. The zero-order valence-corrected chi connectivity index (χ0v) is 14.5. The van der Waals surface area contributed by atoms with Crippen molar-refractivity contribution in [2.45, 2.75) is 6.92 Å². The molecule has 0 aromatic heterocycles. The Morgan fingerprint density at radius 2 is 1.92 bits per heavy atom. The highest BCUT2D eigenvalue weighted by molar-refractivity contribution is 6.30. The molecule has 0 aliphatic rings. The summed E-state index contributed by atoms with van der Waals surface area (Å²) in [6.07, 6.45) is 1.43. The summed E-state index contributed by atoms with van der Waals surface area (Å²) in [5.74, 6) is -1.12. The van der Waals surface area contributed by atoms with Gasteiger partial charge in [0.25, 0.3) is 17.5 Å².